The molecule has 1 amide bonds. The standard InChI is InChI=1S/C16H27N5O3.2ClH/c1-2-20-14(11-13-3-5-17-6-4-13)18-21(16(20)23)12-15(22)19-7-9-24-10-8-19;;/h13,17H,2-12H2,1H3;2*1H. The first-order chi connectivity index (χ1) is 11.7. The van der Waals surface area contributed by atoms with E-state index in [0.29, 0.717) is 38.8 Å². The number of halogens is 2. The second-order valence-electron chi connectivity index (χ2n) is 6.49. The highest BCUT2D eigenvalue weighted by molar-refractivity contribution is 5.85. The normalized spacial score (nSPS) is 18.1. The van der Waals surface area contributed by atoms with Gasteiger partial charge < -0.3 is 15.0 Å². The molecular formula is C16H29Cl2N5O3. The molecule has 3 rings (SSSR count). The monoisotopic (exact) mass is 409 g/mol. The molecule has 0 saturated carbocycles. The Bertz CT molecular complexity index is 622. The Labute approximate surface area is 166 Å². The molecule has 0 spiro atoms. The fourth-order valence-electron chi connectivity index (χ4n) is 3.44. The fourth-order valence-corrected chi connectivity index (χ4v) is 3.44. The van der Waals surface area contributed by atoms with Gasteiger partial charge in [0.1, 0.15) is 12.4 Å². The Morgan fingerprint density at radius 1 is 1.23 bits per heavy atom. The lowest BCUT2D eigenvalue weighted by Crippen LogP contribution is -2.43. The minimum absolute atomic E-state index is 0. The van der Waals surface area contributed by atoms with Gasteiger partial charge in [-0.05, 0) is 38.8 Å². The van der Waals surface area contributed by atoms with Gasteiger partial charge in [-0.3, -0.25) is 9.36 Å². The number of hydrogen-bond donors (Lipinski definition) is 1. The quantitative estimate of drug-likeness (QED) is 0.756. The Kier molecular flexibility index (Phi) is 9.63. The maximum absolute atomic E-state index is 12.5. The van der Waals surface area contributed by atoms with E-state index < -0.39 is 0 Å². The summed E-state index contributed by atoms with van der Waals surface area (Å²) < 4.78 is 8.30. The Hall–Kier alpha value is -1.09. The van der Waals surface area contributed by atoms with E-state index in [-0.39, 0.29) is 43.0 Å². The van der Waals surface area contributed by atoms with Crippen molar-refractivity contribution < 1.29 is 9.53 Å². The highest BCUT2D eigenvalue weighted by Crippen LogP contribution is 2.16. The second kappa shape index (κ2) is 10.9. The molecule has 1 aromatic rings. The van der Waals surface area contributed by atoms with Gasteiger partial charge in [0, 0.05) is 26.1 Å². The second-order valence-corrected chi connectivity index (χ2v) is 6.49. The van der Waals surface area contributed by atoms with Crippen LogP contribution in [0.15, 0.2) is 4.79 Å². The van der Waals surface area contributed by atoms with Gasteiger partial charge in [0.2, 0.25) is 5.91 Å². The summed E-state index contributed by atoms with van der Waals surface area (Å²) in [6.07, 6.45) is 3.03. The molecule has 0 unspecified atom stereocenters. The van der Waals surface area contributed by atoms with Crippen LogP contribution < -0.4 is 11.0 Å². The molecule has 8 nitrogen and oxygen atoms in total. The van der Waals surface area contributed by atoms with Gasteiger partial charge in [0.15, 0.2) is 0 Å². The number of morpholine rings is 1. The van der Waals surface area contributed by atoms with Crippen LogP contribution in [-0.2, 0) is 29.0 Å². The van der Waals surface area contributed by atoms with Crippen LogP contribution in [-0.4, -0.2) is 64.5 Å². The zero-order valence-corrected chi connectivity index (χ0v) is 16.8. The van der Waals surface area contributed by atoms with Gasteiger partial charge in [0.25, 0.3) is 0 Å². The van der Waals surface area contributed by atoms with Crippen LogP contribution in [0.2, 0.25) is 0 Å². The lowest BCUT2D eigenvalue weighted by molar-refractivity contribution is -0.136. The van der Waals surface area contributed by atoms with Gasteiger partial charge in [-0.15, -0.1) is 24.8 Å². The van der Waals surface area contributed by atoms with Crippen molar-refractivity contribution in [3.8, 4) is 0 Å². The van der Waals surface area contributed by atoms with Crippen molar-refractivity contribution in [2.75, 3.05) is 39.4 Å². The smallest absolute Gasteiger partial charge is 0.346 e. The van der Waals surface area contributed by atoms with Crippen LogP contribution >= 0.6 is 24.8 Å². The van der Waals surface area contributed by atoms with Crippen molar-refractivity contribution in [2.45, 2.75) is 39.3 Å². The lowest BCUT2D eigenvalue weighted by atomic mass is 9.94. The van der Waals surface area contributed by atoms with E-state index >= 15 is 0 Å². The topological polar surface area (TPSA) is 81.4 Å². The van der Waals surface area contributed by atoms with Crippen molar-refractivity contribution in [1.82, 2.24) is 24.6 Å². The summed E-state index contributed by atoms with van der Waals surface area (Å²) in [4.78, 5) is 26.7. The highest BCUT2D eigenvalue weighted by atomic mass is 35.5. The van der Waals surface area contributed by atoms with E-state index in [4.69, 9.17) is 4.74 Å². The number of aromatic nitrogens is 3. The van der Waals surface area contributed by atoms with Crippen molar-refractivity contribution in [1.29, 1.82) is 0 Å². The van der Waals surface area contributed by atoms with E-state index in [0.717, 1.165) is 38.2 Å². The molecule has 26 heavy (non-hydrogen) atoms. The average Bonchev–Trinajstić information content (AvgIpc) is 2.91. The number of amides is 1. The molecule has 0 aliphatic carbocycles. The number of carbonyl (C=O) groups is 1. The molecule has 2 aliphatic heterocycles. The van der Waals surface area contributed by atoms with Crippen LogP contribution in [0, 0.1) is 5.92 Å². The average molecular weight is 410 g/mol. The molecule has 2 aliphatic rings. The first kappa shape index (κ1) is 23.0. The van der Waals surface area contributed by atoms with Crippen molar-refractivity contribution >= 4 is 30.7 Å². The molecule has 1 aromatic heterocycles. The Morgan fingerprint density at radius 3 is 2.50 bits per heavy atom. The van der Waals surface area contributed by atoms with Gasteiger partial charge in [0.05, 0.1) is 13.2 Å². The molecular weight excluding hydrogens is 381 g/mol. The van der Waals surface area contributed by atoms with Crippen molar-refractivity contribution in [2.24, 2.45) is 5.92 Å². The largest absolute Gasteiger partial charge is 0.378 e. The van der Waals surface area contributed by atoms with Crippen LogP contribution in [0.3, 0.4) is 0 Å². The number of carbonyl (C=O) groups excluding carboxylic acids is 1. The molecule has 0 radical (unpaired) electrons. The predicted molar refractivity (Wildman–Crippen MR) is 103 cm³/mol. The number of nitrogens with one attached hydrogen (secondary N) is 1. The SMILES string of the molecule is CCn1c(CC2CCNCC2)nn(CC(=O)N2CCOCC2)c1=O.Cl.Cl. The molecule has 150 valence electrons. The van der Waals surface area contributed by atoms with Crippen molar-refractivity contribution in [3.05, 3.63) is 16.3 Å². The summed E-state index contributed by atoms with van der Waals surface area (Å²) >= 11 is 0. The molecule has 1 N–H and O–H groups in total. The van der Waals surface area contributed by atoms with E-state index in [1.54, 1.807) is 9.47 Å². The zero-order valence-electron chi connectivity index (χ0n) is 15.2. The molecule has 3 heterocycles. The van der Waals surface area contributed by atoms with Gasteiger partial charge in [-0.2, -0.15) is 5.10 Å². The number of hydrogen-bond acceptors (Lipinski definition) is 5. The molecule has 2 fully saturated rings. The maximum atomic E-state index is 12.5. The summed E-state index contributed by atoms with van der Waals surface area (Å²) in [7, 11) is 0. The minimum Gasteiger partial charge on any atom is -0.378 e. The third-order valence-corrected chi connectivity index (χ3v) is 4.89. The number of piperidine rings is 1. The van der Waals surface area contributed by atoms with E-state index in [1.807, 2.05) is 6.92 Å². The van der Waals surface area contributed by atoms with Crippen LogP contribution in [0.1, 0.15) is 25.6 Å². The Morgan fingerprint density at radius 2 is 1.88 bits per heavy atom. The molecule has 0 aromatic carbocycles. The van der Waals surface area contributed by atoms with Crippen LogP contribution in [0.5, 0.6) is 0 Å². The first-order valence-corrected chi connectivity index (χ1v) is 8.91. The third kappa shape index (κ3) is 5.45. The summed E-state index contributed by atoms with van der Waals surface area (Å²) in [5.41, 5.74) is -0.178. The van der Waals surface area contributed by atoms with Gasteiger partial charge in [-0.25, -0.2) is 9.48 Å². The summed E-state index contributed by atoms with van der Waals surface area (Å²) in [5.74, 6) is 1.31. The van der Waals surface area contributed by atoms with E-state index in [9.17, 15) is 9.59 Å². The highest BCUT2D eigenvalue weighted by Gasteiger charge is 2.22. The summed E-state index contributed by atoms with van der Waals surface area (Å²) in [6, 6.07) is 0. The summed E-state index contributed by atoms with van der Waals surface area (Å²) in [5, 5.41) is 7.83. The number of ether oxygens (including phenoxy) is 1. The van der Waals surface area contributed by atoms with Crippen molar-refractivity contribution in [3.63, 3.8) is 0 Å². The predicted octanol–water partition coefficient (Wildman–Crippen LogP) is 0.309. The van der Waals surface area contributed by atoms with E-state index in [1.165, 1.54) is 4.68 Å². The number of rotatable bonds is 5. The Balaban J connectivity index is 0.00000169. The zero-order chi connectivity index (χ0) is 16.9. The molecule has 10 heteroatoms. The number of nitrogens with zero attached hydrogens (tertiary/aromatic N) is 4. The minimum atomic E-state index is -0.178. The lowest BCUT2D eigenvalue weighted by Gasteiger charge is -2.26. The van der Waals surface area contributed by atoms with Crippen LogP contribution in [0.4, 0.5) is 0 Å². The van der Waals surface area contributed by atoms with Crippen LogP contribution in [0.25, 0.3) is 0 Å². The fraction of sp³-hybridized carbons (Fsp3) is 0.812. The maximum Gasteiger partial charge on any atom is 0.346 e. The first-order valence-electron chi connectivity index (χ1n) is 8.91. The van der Waals surface area contributed by atoms with Gasteiger partial charge >= 0.3 is 5.69 Å². The van der Waals surface area contributed by atoms with Gasteiger partial charge in [-0.1, -0.05) is 0 Å². The summed E-state index contributed by atoms with van der Waals surface area (Å²) in [6.45, 7) is 6.90. The molecule has 0 atom stereocenters. The third-order valence-electron chi connectivity index (χ3n) is 4.89. The molecule has 2 saturated heterocycles. The van der Waals surface area contributed by atoms with E-state index in [2.05, 4.69) is 10.4 Å². The molecule has 0 bridgehead atoms.